The Kier molecular flexibility index (Phi) is 6.76. The van der Waals surface area contributed by atoms with E-state index in [1.54, 1.807) is 30.3 Å². The van der Waals surface area contributed by atoms with Crippen molar-refractivity contribution < 1.29 is 36.7 Å². The van der Waals surface area contributed by atoms with Crippen LogP contribution in [0, 0.1) is 0 Å². The molecule has 0 spiro atoms. The lowest BCUT2D eigenvalue weighted by Crippen LogP contribution is -2.51. The summed E-state index contributed by atoms with van der Waals surface area (Å²) in [5, 5.41) is 5.39. The molecular weight excluding hydrogens is 467 g/mol. The summed E-state index contributed by atoms with van der Waals surface area (Å²) >= 11 is 0. The van der Waals surface area contributed by atoms with Gasteiger partial charge in [0.05, 0.1) is 36.2 Å². The fraction of sp³-hybridized carbons (Fsp3) is 0.208. The maximum atomic E-state index is 13.8. The SMILES string of the molecule is O=C1CC(C(F)(F)F)N(C(=O)COC(=O)c2ccccc2NCc2ccco2)c2ccccc2N1. The molecule has 182 valence electrons. The van der Waals surface area contributed by atoms with Crippen LogP contribution in [-0.2, 0) is 20.9 Å². The fourth-order valence-electron chi connectivity index (χ4n) is 3.68. The monoisotopic (exact) mass is 487 g/mol. The Morgan fingerprint density at radius 1 is 1.09 bits per heavy atom. The predicted octanol–water partition coefficient (Wildman–Crippen LogP) is 4.35. The van der Waals surface area contributed by atoms with Gasteiger partial charge in [-0.05, 0) is 36.4 Å². The van der Waals surface area contributed by atoms with Crippen molar-refractivity contribution in [3.8, 4) is 0 Å². The molecule has 8 nitrogen and oxygen atoms in total. The summed E-state index contributed by atoms with van der Waals surface area (Å²) in [5.74, 6) is -2.29. The zero-order valence-corrected chi connectivity index (χ0v) is 18.2. The summed E-state index contributed by atoms with van der Waals surface area (Å²) in [5.41, 5.74) is 0.399. The molecule has 0 bridgehead atoms. The van der Waals surface area contributed by atoms with Crippen molar-refractivity contribution in [1.82, 2.24) is 0 Å². The normalized spacial score (nSPS) is 15.6. The number of anilines is 3. The van der Waals surface area contributed by atoms with Gasteiger partial charge in [0.1, 0.15) is 11.8 Å². The van der Waals surface area contributed by atoms with Crippen molar-refractivity contribution in [2.75, 3.05) is 22.1 Å². The molecule has 3 aromatic rings. The highest BCUT2D eigenvalue weighted by Crippen LogP contribution is 2.37. The van der Waals surface area contributed by atoms with Crippen molar-refractivity contribution in [3.05, 3.63) is 78.3 Å². The molecule has 0 aliphatic carbocycles. The van der Waals surface area contributed by atoms with Crippen molar-refractivity contribution in [1.29, 1.82) is 0 Å². The third kappa shape index (κ3) is 5.45. The van der Waals surface area contributed by atoms with Crippen molar-refractivity contribution >= 4 is 34.8 Å². The van der Waals surface area contributed by atoms with E-state index in [0.717, 1.165) is 0 Å². The Labute approximate surface area is 197 Å². The molecule has 0 saturated heterocycles. The van der Waals surface area contributed by atoms with Crippen LogP contribution >= 0.6 is 0 Å². The number of nitrogens with one attached hydrogen (secondary N) is 2. The summed E-state index contributed by atoms with van der Waals surface area (Å²) in [7, 11) is 0. The van der Waals surface area contributed by atoms with Crippen LogP contribution in [-0.4, -0.2) is 36.6 Å². The number of carbonyl (C=O) groups is 3. The molecule has 11 heteroatoms. The highest BCUT2D eigenvalue weighted by atomic mass is 19.4. The minimum Gasteiger partial charge on any atom is -0.467 e. The summed E-state index contributed by atoms with van der Waals surface area (Å²) < 4.78 is 51.8. The van der Waals surface area contributed by atoms with E-state index in [1.807, 2.05) is 0 Å². The van der Waals surface area contributed by atoms with E-state index in [1.165, 1.54) is 36.6 Å². The average molecular weight is 487 g/mol. The van der Waals surface area contributed by atoms with Gasteiger partial charge in [-0.2, -0.15) is 13.2 Å². The van der Waals surface area contributed by atoms with E-state index < -0.39 is 43.0 Å². The van der Waals surface area contributed by atoms with Crippen LogP contribution in [0.2, 0.25) is 0 Å². The number of amides is 2. The maximum Gasteiger partial charge on any atom is 0.409 e. The van der Waals surface area contributed by atoms with Gasteiger partial charge in [0.15, 0.2) is 6.61 Å². The van der Waals surface area contributed by atoms with Crippen molar-refractivity contribution in [2.45, 2.75) is 25.2 Å². The van der Waals surface area contributed by atoms with Gasteiger partial charge in [0.25, 0.3) is 5.91 Å². The number of furan rings is 1. The van der Waals surface area contributed by atoms with Gasteiger partial charge in [0, 0.05) is 5.69 Å². The molecule has 2 amide bonds. The molecule has 1 aliphatic heterocycles. The molecule has 1 atom stereocenters. The summed E-state index contributed by atoms with van der Waals surface area (Å²) in [6.45, 7) is -0.685. The van der Waals surface area contributed by atoms with Gasteiger partial charge in [-0.3, -0.25) is 14.5 Å². The first-order chi connectivity index (χ1) is 16.7. The number of esters is 1. The Morgan fingerprint density at radius 3 is 2.57 bits per heavy atom. The van der Waals surface area contributed by atoms with E-state index in [0.29, 0.717) is 16.3 Å². The lowest BCUT2D eigenvalue weighted by Gasteiger charge is -2.31. The first kappa shape index (κ1) is 23.9. The van der Waals surface area contributed by atoms with Gasteiger partial charge < -0.3 is 19.8 Å². The van der Waals surface area contributed by atoms with Crippen LogP contribution in [0.1, 0.15) is 22.5 Å². The third-order valence-electron chi connectivity index (χ3n) is 5.28. The quantitative estimate of drug-likeness (QED) is 0.502. The molecule has 4 rings (SSSR count). The van der Waals surface area contributed by atoms with Gasteiger partial charge in [-0.15, -0.1) is 0 Å². The zero-order valence-electron chi connectivity index (χ0n) is 18.2. The summed E-state index contributed by atoms with van der Waals surface area (Å²) in [6.07, 6.45) is -4.38. The number of nitrogens with zero attached hydrogens (tertiary/aromatic N) is 1. The molecule has 0 fully saturated rings. The number of ether oxygens (including phenoxy) is 1. The molecule has 2 N–H and O–H groups in total. The number of carbonyl (C=O) groups excluding carboxylic acids is 3. The molecule has 1 unspecified atom stereocenters. The fourth-order valence-corrected chi connectivity index (χ4v) is 3.68. The second-order valence-corrected chi connectivity index (χ2v) is 7.65. The molecule has 0 saturated carbocycles. The van der Waals surface area contributed by atoms with Crippen LogP contribution < -0.4 is 15.5 Å². The van der Waals surface area contributed by atoms with E-state index >= 15 is 0 Å². The lowest BCUT2D eigenvalue weighted by atomic mass is 10.1. The Hall–Kier alpha value is -4.28. The second kappa shape index (κ2) is 9.92. The molecular formula is C24H20F3N3O5. The van der Waals surface area contributed by atoms with Crippen LogP contribution in [0.5, 0.6) is 0 Å². The first-order valence-corrected chi connectivity index (χ1v) is 10.5. The number of rotatable bonds is 6. The molecule has 35 heavy (non-hydrogen) atoms. The van der Waals surface area contributed by atoms with Crippen LogP contribution in [0.3, 0.4) is 0 Å². The number of alkyl halides is 3. The number of hydrogen-bond acceptors (Lipinski definition) is 6. The van der Waals surface area contributed by atoms with Gasteiger partial charge >= 0.3 is 12.1 Å². The summed E-state index contributed by atoms with van der Waals surface area (Å²) in [6, 6.07) is 13.0. The molecule has 1 aliphatic rings. The smallest absolute Gasteiger partial charge is 0.409 e. The van der Waals surface area contributed by atoms with Crippen LogP contribution in [0.15, 0.2) is 71.3 Å². The number of fused-ring (bicyclic) bond motifs is 1. The molecule has 0 radical (unpaired) electrons. The van der Waals surface area contributed by atoms with E-state index in [-0.39, 0.29) is 23.5 Å². The number of halogens is 3. The number of para-hydroxylation sites is 3. The topological polar surface area (TPSA) is 101 Å². The van der Waals surface area contributed by atoms with E-state index in [9.17, 15) is 27.6 Å². The lowest BCUT2D eigenvalue weighted by molar-refractivity contribution is -0.158. The predicted molar refractivity (Wildman–Crippen MR) is 120 cm³/mol. The van der Waals surface area contributed by atoms with Crippen LogP contribution in [0.25, 0.3) is 0 Å². The molecule has 2 aromatic carbocycles. The van der Waals surface area contributed by atoms with Gasteiger partial charge in [-0.1, -0.05) is 24.3 Å². The zero-order chi connectivity index (χ0) is 25.0. The van der Waals surface area contributed by atoms with Gasteiger partial charge in [0.2, 0.25) is 5.91 Å². The van der Waals surface area contributed by atoms with E-state index in [4.69, 9.17) is 9.15 Å². The maximum absolute atomic E-state index is 13.8. The standard InChI is InChI=1S/C24H20F3N3O5/c25-24(26,27)20-12-21(31)29-18-9-3-4-10-19(18)30(20)22(32)14-35-23(33)16-7-1-2-8-17(16)28-13-15-6-5-11-34-15/h1-11,20,28H,12-14H2,(H,29,31). The van der Waals surface area contributed by atoms with E-state index in [2.05, 4.69) is 10.6 Å². The second-order valence-electron chi connectivity index (χ2n) is 7.65. The number of hydrogen-bond donors (Lipinski definition) is 2. The largest absolute Gasteiger partial charge is 0.467 e. The molecule has 2 heterocycles. The minimum atomic E-state index is -4.89. The van der Waals surface area contributed by atoms with Crippen molar-refractivity contribution in [2.24, 2.45) is 0 Å². The molecule has 1 aromatic heterocycles. The summed E-state index contributed by atoms with van der Waals surface area (Å²) in [4.78, 5) is 38.2. The average Bonchev–Trinajstić information content (AvgIpc) is 3.29. The first-order valence-electron chi connectivity index (χ1n) is 10.5. The Morgan fingerprint density at radius 2 is 1.83 bits per heavy atom. The highest BCUT2D eigenvalue weighted by Gasteiger charge is 2.49. The Balaban J connectivity index is 1.52. The Bertz CT molecular complexity index is 1230. The van der Waals surface area contributed by atoms with Gasteiger partial charge in [-0.25, -0.2) is 4.79 Å². The minimum absolute atomic E-state index is 0.0522. The number of benzene rings is 2. The highest BCUT2D eigenvalue weighted by molar-refractivity contribution is 6.06. The third-order valence-corrected chi connectivity index (χ3v) is 5.28. The van der Waals surface area contributed by atoms with Crippen molar-refractivity contribution in [3.63, 3.8) is 0 Å². The van der Waals surface area contributed by atoms with Crippen LogP contribution in [0.4, 0.5) is 30.2 Å².